The molecule has 0 aromatic heterocycles. The van der Waals surface area contributed by atoms with Gasteiger partial charge < -0.3 is 9.47 Å². The second-order valence-electron chi connectivity index (χ2n) is 4.77. The molecule has 2 aromatic carbocycles. The molecule has 0 aliphatic carbocycles. The highest BCUT2D eigenvalue weighted by atomic mass is 32.2. The van der Waals surface area contributed by atoms with E-state index in [9.17, 15) is 18.5 Å². The van der Waals surface area contributed by atoms with E-state index >= 15 is 0 Å². The quantitative estimate of drug-likeness (QED) is 0.659. The van der Waals surface area contributed by atoms with E-state index in [-0.39, 0.29) is 23.9 Å². The predicted octanol–water partition coefficient (Wildman–Crippen LogP) is 1.80. The molecule has 1 aliphatic rings. The van der Waals surface area contributed by atoms with Crippen LogP contribution in [-0.2, 0) is 16.6 Å². The molecule has 0 saturated carbocycles. The first-order valence-electron chi connectivity index (χ1n) is 6.58. The number of nitrogens with zero attached hydrogens (tertiary/aromatic N) is 1. The van der Waals surface area contributed by atoms with E-state index in [0.717, 1.165) is 6.07 Å². The lowest BCUT2D eigenvalue weighted by Gasteiger charge is -2.07. The second kappa shape index (κ2) is 5.86. The van der Waals surface area contributed by atoms with Crippen molar-refractivity contribution in [2.75, 3.05) is 6.79 Å². The molecule has 0 spiro atoms. The van der Waals surface area contributed by atoms with Crippen LogP contribution in [0.3, 0.4) is 0 Å². The lowest BCUT2D eigenvalue weighted by Crippen LogP contribution is -2.23. The van der Waals surface area contributed by atoms with E-state index in [1.807, 2.05) is 0 Å². The Hall–Kier alpha value is -2.65. The van der Waals surface area contributed by atoms with Crippen LogP contribution < -0.4 is 14.2 Å². The highest BCUT2D eigenvalue weighted by molar-refractivity contribution is 7.89. The Morgan fingerprint density at radius 2 is 1.91 bits per heavy atom. The predicted molar refractivity (Wildman–Crippen MR) is 79.7 cm³/mol. The highest BCUT2D eigenvalue weighted by Gasteiger charge is 2.18. The molecule has 0 bridgehead atoms. The maximum Gasteiger partial charge on any atom is 0.270 e. The number of hydrogen-bond donors (Lipinski definition) is 1. The zero-order chi connectivity index (χ0) is 16.4. The number of fused-ring (bicyclic) bond motifs is 1. The summed E-state index contributed by atoms with van der Waals surface area (Å²) >= 11 is 0. The Kier molecular flexibility index (Phi) is 3.89. The van der Waals surface area contributed by atoms with Gasteiger partial charge in [-0.2, -0.15) is 0 Å². The molecule has 120 valence electrons. The number of nitrogens with one attached hydrogen (secondary N) is 1. The molecule has 0 saturated heterocycles. The molecule has 3 rings (SSSR count). The summed E-state index contributed by atoms with van der Waals surface area (Å²) in [7, 11) is -3.86. The fourth-order valence-electron chi connectivity index (χ4n) is 2.08. The van der Waals surface area contributed by atoms with Crippen molar-refractivity contribution in [2.24, 2.45) is 0 Å². The third-order valence-electron chi connectivity index (χ3n) is 3.24. The van der Waals surface area contributed by atoms with Crippen LogP contribution in [0.15, 0.2) is 47.4 Å². The smallest absolute Gasteiger partial charge is 0.270 e. The van der Waals surface area contributed by atoms with Crippen molar-refractivity contribution in [3.05, 3.63) is 58.1 Å². The second-order valence-corrected chi connectivity index (χ2v) is 6.53. The van der Waals surface area contributed by atoms with Crippen molar-refractivity contribution in [3.8, 4) is 11.5 Å². The summed E-state index contributed by atoms with van der Waals surface area (Å²) in [6.07, 6.45) is 0. The van der Waals surface area contributed by atoms with Crippen LogP contribution in [0.2, 0.25) is 0 Å². The normalized spacial score (nSPS) is 13.0. The van der Waals surface area contributed by atoms with Gasteiger partial charge in [-0.15, -0.1) is 0 Å². The van der Waals surface area contributed by atoms with Crippen LogP contribution in [0.25, 0.3) is 0 Å². The molecule has 1 aliphatic heterocycles. The van der Waals surface area contributed by atoms with Crippen molar-refractivity contribution < 1.29 is 22.8 Å². The molecule has 9 heteroatoms. The minimum Gasteiger partial charge on any atom is -0.454 e. The first kappa shape index (κ1) is 15.3. The van der Waals surface area contributed by atoms with Crippen molar-refractivity contribution in [2.45, 2.75) is 11.4 Å². The molecule has 1 N–H and O–H groups in total. The number of rotatable bonds is 5. The number of ether oxygens (including phenoxy) is 2. The summed E-state index contributed by atoms with van der Waals surface area (Å²) in [5, 5.41) is 10.7. The van der Waals surface area contributed by atoms with Gasteiger partial charge in [-0.1, -0.05) is 12.1 Å². The molecular formula is C14H12N2O6S. The van der Waals surface area contributed by atoms with Crippen LogP contribution in [0.4, 0.5) is 5.69 Å². The number of non-ortho nitro benzene ring substituents is 1. The number of hydrogen-bond acceptors (Lipinski definition) is 6. The molecule has 0 unspecified atom stereocenters. The van der Waals surface area contributed by atoms with Gasteiger partial charge >= 0.3 is 0 Å². The van der Waals surface area contributed by atoms with Gasteiger partial charge in [0.05, 0.1) is 9.82 Å². The van der Waals surface area contributed by atoms with Crippen molar-refractivity contribution >= 4 is 15.7 Å². The van der Waals surface area contributed by atoms with Crippen molar-refractivity contribution in [1.82, 2.24) is 4.72 Å². The molecule has 0 fully saturated rings. The summed E-state index contributed by atoms with van der Waals surface area (Å²) in [5.74, 6) is 1.16. The van der Waals surface area contributed by atoms with E-state index in [1.165, 1.54) is 18.2 Å². The third-order valence-corrected chi connectivity index (χ3v) is 4.64. The van der Waals surface area contributed by atoms with Crippen LogP contribution in [0.5, 0.6) is 11.5 Å². The van der Waals surface area contributed by atoms with Gasteiger partial charge in [0.15, 0.2) is 11.5 Å². The lowest BCUT2D eigenvalue weighted by molar-refractivity contribution is -0.385. The zero-order valence-electron chi connectivity index (χ0n) is 11.8. The molecule has 0 radical (unpaired) electrons. The zero-order valence-corrected chi connectivity index (χ0v) is 12.6. The van der Waals surface area contributed by atoms with E-state index in [4.69, 9.17) is 9.47 Å². The number of nitro groups is 1. The molecule has 2 aromatic rings. The Bertz CT molecular complexity index is 865. The topological polar surface area (TPSA) is 108 Å². The fraction of sp³-hybridized carbons (Fsp3) is 0.143. The van der Waals surface area contributed by atoms with Crippen LogP contribution >= 0.6 is 0 Å². The average Bonchev–Trinajstić information content (AvgIpc) is 3.01. The molecule has 23 heavy (non-hydrogen) atoms. The number of nitro benzene ring substituents is 1. The van der Waals surface area contributed by atoms with Gasteiger partial charge in [0.1, 0.15) is 0 Å². The molecule has 0 atom stereocenters. The average molecular weight is 336 g/mol. The van der Waals surface area contributed by atoms with Gasteiger partial charge in [-0.3, -0.25) is 10.1 Å². The molecular weight excluding hydrogens is 324 g/mol. The maximum absolute atomic E-state index is 12.2. The summed E-state index contributed by atoms with van der Waals surface area (Å²) in [6, 6.07) is 9.96. The minimum absolute atomic E-state index is 0.0294. The Balaban J connectivity index is 1.76. The third kappa shape index (κ3) is 3.25. The molecule has 8 nitrogen and oxygen atoms in total. The van der Waals surface area contributed by atoms with Crippen LogP contribution in [0.1, 0.15) is 5.56 Å². The Labute approximate surface area is 131 Å². The van der Waals surface area contributed by atoms with Gasteiger partial charge in [-0.05, 0) is 23.8 Å². The summed E-state index contributed by atoms with van der Waals surface area (Å²) < 4.78 is 37.3. The van der Waals surface area contributed by atoms with E-state index in [0.29, 0.717) is 17.1 Å². The lowest BCUT2D eigenvalue weighted by atomic mass is 10.2. The Morgan fingerprint density at radius 3 is 2.70 bits per heavy atom. The largest absolute Gasteiger partial charge is 0.454 e. The fourth-order valence-corrected chi connectivity index (χ4v) is 3.13. The minimum atomic E-state index is -3.86. The Morgan fingerprint density at radius 1 is 1.13 bits per heavy atom. The van der Waals surface area contributed by atoms with E-state index in [2.05, 4.69) is 4.72 Å². The summed E-state index contributed by atoms with van der Waals surface area (Å²) in [4.78, 5) is 9.93. The maximum atomic E-state index is 12.2. The van der Waals surface area contributed by atoms with Gasteiger partial charge in [0.2, 0.25) is 16.8 Å². The first-order valence-corrected chi connectivity index (χ1v) is 8.07. The number of sulfonamides is 1. The molecule has 0 amide bonds. The van der Waals surface area contributed by atoms with Crippen LogP contribution in [0, 0.1) is 10.1 Å². The van der Waals surface area contributed by atoms with Gasteiger partial charge in [0.25, 0.3) is 5.69 Å². The first-order chi connectivity index (χ1) is 11.0. The van der Waals surface area contributed by atoms with E-state index in [1.54, 1.807) is 18.2 Å². The van der Waals surface area contributed by atoms with Gasteiger partial charge in [-0.25, -0.2) is 13.1 Å². The monoisotopic (exact) mass is 336 g/mol. The van der Waals surface area contributed by atoms with Crippen molar-refractivity contribution in [3.63, 3.8) is 0 Å². The summed E-state index contributed by atoms with van der Waals surface area (Å²) in [6.45, 7) is 0.167. The number of benzene rings is 2. The van der Waals surface area contributed by atoms with Gasteiger partial charge in [0, 0.05) is 18.7 Å². The van der Waals surface area contributed by atoms with Crippen LogP contribution in [-0.4, -0.2) is 20.1 Å². The van der Waals surface area contributed by atoms with E-state index < -0.39 is 14.9 Å². The SMILES string of the molecule is O=[N+]([O-])c1cccc(S(=O)(=O)NCc2ccc3c(c2)OCO3)c1. The van der Waals surface area contributed by atoms with Crippen molar-refractivity contribution in [1.29, 1.82) is 0 Å². The summed E-state index contributed by atoms with van der Waals surface area (Å²) in [5.41, 5.74) is 0.402. The highest BCUT2D eigenvalue weighted by Crippen LogP contribution is 2.32. The standard InChI is InChI=1S/C14H12N2O6S/c17-16(18)11-2-1-3-12(7-11)23(19,20)15-8-10-4-5-13-14(6-10)22-9-21-13/h1-7,15H,8-9H2. The molecule has 1 heterocycles.